The molecule has 1 aliphatic heterocycles. The number of rotatable bonds is 4. The Morgan fingerprint density at radius 1 is 1.27 bits per heavy atom. The Bertz CT molecular complexity index is 880. The molecule has 1 heterocycles. The first kappa shape index (κ1) is 18.1. The number of carbonyl (C=O) groups is 2. The van der Waals surface area contributed by atoms with Crippen molar-refractivity contribution < 1.29 is 19.8 Å². The average Bonchev–Trinajstić information content (AvgIpc) is 2.71. The lowest BCUT2D eigenvalue weighted by molar-refractivity contribution is -0.137. The third kappa shape index (κ3) is 3.47. The molecule has 0 radical (unpaired) electrons. The fourth-order valence-corrected chi connectivity index (χ4v) is 3.09. The summed E-state index contributed by atoms with van der Waals surface area (Å²) in [5.41, 5.74) is 2.16. The van der Waals surface area contributed by atoms with E-state index in [2.05, 4.69) is 4.99 Å². The van der Waals surface area contributed by atoms with Crippen LogP contribution in [0, 0.1) is 0 Å². The summed E-state index contributed by atoms with van der Waals surface area (Å²) in [6.07, 6.45) is -1.08. The molecule has 2 atom stereocenters. The number of hydrogen-bond acceptors (Lipinski definition) is 4. The molecular weight excluding hydrogens is 356 g/mol. The standard InChI is InChI=1S/C19H17ClN2O4/c1-11(23)17-19(26)22(10-16(24)25)15-8-7-13(20)9-14(15)18(21-17)12-5-3-2-4-6-12/h2-9,11,17,23H,10H2,1H3,(H,24,25)/t11-,17+/m1/s1. The van der Waals surface area contributed by atoms with E-state index in [1.165, 1.54) is 6.92 Å². The highest BCUT2D eigenvalue weighted by molar-refractivity contribution is 6.32. The van der Waals surface area contributed by atoms with Gasteiger partial charge in [-0.05, 0) is 25.1 Å². The Morgan fingerprint density at radius 3 is 2.58 bits per heavy atom. The molecule has 2 aromatic rings. The number of aliphatic imine (C=N–C) groups is 1. The summed E-state index contributed by atoms with van der Waals surface area (Å²) >= 11 is 6.15. The van der Waals surface area contributed by atoms with E-state index in [0.717, 1.165) is 10.5 Å². The van der Waals surface area contributed by atoms with Gasteiger partial charge in [-0.25, -0.2) is 0 Å². The quantitative estimate of drug-likeness (QED) is 0.862. The lowest BCUT2D eigenvalue weighted by Gasteiger charge is -2.24. The van der Waals surface area contributed by atoms with Crippen molar-refractivity contribution in [1.29, 1.82) is 0 Å². The normalized spacial score (nSPS) is 18.0. The van der Waals surface area contributed by atoms with Crippen LogP contribution in [0.5, 0.6) is 0 Å². The molecule has 1 aliphatic rings. The number of aliphatic hydroxyl groups is 1. The monoisotopic (exact) mass is 372 g/mol. The van der Waals surface area contributed by atoms with Crippen LogP contribution in [0.1, 0.15) is 18.1 Å². The van der Waals surface area contributed by atoms with Gasteiger partial charge in [-0.2, -0.15) is 0 Å². The van der Waals surface area contributed by atoms with Gasteiger partial charge in [-0.3, -0.25) is 19.5 Å². The van der Waals surface area contributed by atoms with Gasteiger partial charge in [0.25, 0.3) is 5.91 Å². The Labute approximate surface area is 155 Å². The fraction of sp³-hybridized carbons (Fsp3) is 0.211. The van der Waals surface area contributed by atoms with Crippen molar-refractivity contribution in [3.63, 3.8) is 0 Å². The lowest BCUT2D eigenvalue weighted by Crippen LogP contribution is -2.45. The van der Waals surface area contributed by atoms with Crippen LogP contribution in [-0.2, 0) is 9.59 Å². The Kier molecular flexibility index (Phi) is 5.06. The second-order valence-electron chi connectivity index (χ2n) is 6.01. The molecule has 2 N–H and O–H groups in total. The first-order chi connectivity index (χ1) is 12.4. The first-order valence-electron chi connectivity index (χ1n) is 8.03. The predicted molar refractivity (Wildman–Crippen MR) is 99.0 cm³/mol. The maximum Gasteiger partial charge on any atom is 0.323 e. The topological polar surface area (TPSA) is 90.2 Å². The molecule has 0 unspecified atom stereocenters. The Hall–Kier alpha value is -2.70. The Balaban J connectivity index is 2.28. The number of carbonyl (C=O) groups excluding carboxylic acids is 1. The van der Waals surface area contributed by atoms with E-state index < -0.39 is 30.6 Å². The number of carboxylic acid groups (broad SMARTS) is 1. The molecule has 0 saturated heterocycles. The number of hydrogen-bond donors (Lipinski definition) is 2. The van der Waals surface area contributed by atoms with Gasteiger partial charge in [-0.1, -0.05) is 41.9 Å². The van der Waals surface area contributed by atoms with E-state index >= 15 is 0 Å². The number of halogens is 1. The third-order valence-corrected chi connectivity index (χ3v) is 4.32. The summed E-state index contributed by atoms with van der Waals surface area (Å²) in [4.78, 5) is 29.8. The fourth-order valence-electron chi connectivity index (χ4n) is 2.91. The minimum absolute atomic E-state index is 0.396. The minimum Gasteiger partial charge on any atom is -0.480 e. The summed E-state index contributed by atoms with van der Waals surface area (Å²) < 4.78 is 0. The molecule has 2 aromatic carbocycles. The molecule has 3 rings (SSSR count). The zero-order valence-corrected chi connectivity index (χ0v) is 14.7. The summed E-state index contributed by atoms with van der Waals surface area (Å²) in [5.74, 6) is -1.73. The van der Waals surface area contributed by atoms with Gasteiger partial charge in [0.05, 0.1) is 17.5 Å². The number of benzodiazepines with no additional fused rings is 1. The van der Waals surface area contributed by atoms with E-state index in [1.54, 1.807) is 18.2 Å². The number of benzene rings is 2. The van der Waals surface area contributed by atoms with Crippen molar-refractivity contribution in [3.8, 4) is 0 Å². The minimum atomic E-state index is -1.16. The van der Waals surface area contributed by atoms with Gasteiger partial charge < -0.3 is 10.2 Å². The average molecular weight is 373 g/mol. The van der Waals surface area contributed by atoms with Crippen molar-refractivity contribution in [2.24, 2.45) is 4.99 Å². The summed E-state index contributed by atoms with van der Waals surface area (Å²) in [6.45, 7) is 0.921. The SMILES string of the molecule is C[C@@H](O)[C@@H]1N=C(c2ccccc2)c2cc(Cl)ccc2N(CC(=O)O)C1=O. The van der Waals surface area contributed by atoms with Crippen LogP contribution < -0.4 is 4.90 Å². The van der Waals surface area contributed by atoms with Crippen LogP contribution in [0.4, 0.5) is 5.69 Å². The summed E-state index contributed by atoms with van der Waals surface area (Å²) in [7, 11) is 0. The molecule has 0 fully saturated rings. The van der Waals surface area contributed by atoms with E-state index in [1.807, 2.05) is 30.3 Å². The third-order valence-electron chi connectivity index (χ3n) is 4.09. The van der Waals surface area contributed by atoms with Crippen LogP contribution in [0.3, 0.4) is 0 Å². The lowest BCUT2D eigenvalue weighted by atomic mass is 10.00. The van der Waals surface area contributed by atoms with Gasteiger partial charge in [0.1, 0.15) is 6.54 Å². The first-order valence-corrected chi connectivity index (χ1v) is 8.40. The maximum atomic E-state index is 12.9. The van der Waals surface area contributed by atoms with Crippen molar-refractivity contribution in [2.75, 3.05) is 11.4 Å². The molecule has 7 heteroatoms. The van der Waals surface area contributed by atoms with Crippen LogP contribution in [0.2, 0.25) is 5.02 Å². The van der Waals surface area contributed by atoms with Crippen molar-refractivity contribution in [3.05, 3.63) is 64.7 Å². The van der Waals surface area contributed by atoms with Crippen LogP contribution in [-0.4, -0.2) is 46.5 Å². The molecule has 0 saturated carbocycles. The van der Waals surface area contributed by atoms with E-state index in [0.29, 0.717) is 22.0 Å². The Morgan fingerprint density at radius 2 is 1.96 bits per heavy atom. The predicted octanol–water partition coefficient (Wildman–Crippen LogP) is 2.36. The van der Waals surface area contributed by atoms with E-state index in [-0.39, 0.29) is 0 Å². The number of nitrogens with zero attached hydrogens (tertiary/aromatic N) is 2. The van der Waals surface area contributed by atoms with E-state index in [4.69, 9.17) is 11.6 Å². The zero-order valence-electron chi connectivity index (χ0n) is 14.0. The molecule has 6 nitrogen and oxygen atoms in total. The molecule has 26 heavy (non-hydrogen) atoms. The molecule has 1 amide bonds. The van der Waals surface area contributed by atoms with Gasteiger partial charge in [0.2, 0.25) is 0 Å². The molecule has 0 spiro atoms. The molecule has 0 aliphatic carbocycles. The molecular formula is C19H17ClN2O4. The molecule has 0 aromatic heterocycles. The van der Waals surface area contributed by atoms with Gasteiger partial charge in [-0.15, -0.1) is 0 Å². The highest BCUT2D eigenvalue weighted by Crippen LogP contribution is 2.31. The second-order valence-corrected chi connectivity index (χ2v) is 6.45. The van der Waals surface area contributed by atoms with Crippen molar-refractivity contribution in [2.45, 2.75) is 19.1 Å². The zero-order chi connectivity index (χ0) is 18.8. The van der Waals surface area contributed by atoms with Crippen LogP contribution >= 0.6 is 11.6 Å². The summed E-state index contributed by atoms with van der Waals surface area (Å²) in [5, 5.41) is 19.8. The van der Waals surface area contributed by atoms with Crippen molar-refractivity contribution >= 4 is 34.9 Å². The number of aliphatic hydroxyl groups excluding tert-OH is 1. The number of aliphatic carboxylic acids is 1. The maximum absolute atomic E-state index is 12.9. The number of carboxylic acids is 1. The molecule has 0 bridgehead atoms. The largest absolute Gasteiger partial charge is 0.480 e. The van der Waals surface area contributed by atoms with Crippen molar-refractivity contribution in [1.82, 2.24) is 0 Å². The van der Waals surface area contributed by atoms with Crippen LogP contribution in [0.15, 0.2) is 53.5 Å². The second kappa shape index (κ2) is 7.27. The number of anilines is 1. The van der Waals surface area contributed by atoms with E-state index in [9.17, 15) is 19.8 Å². The molecule has 134 valence electrons. The van der Waals surface area contributed by atoms with Gasteiger partial charge in [0.15, 0.2) is 6.04 Å². The highest BCUT2D eigenvalue weighted by Gasteiger charge is 2.35. The summed E-state index contributed by atoms with van der Waals surface area (Å²) in [6, 6.07) is 12.9. The van der Waals surface area contributed by atoms with Crippen LogP contribution in [0.25, 0.3) is 0 Å². The van der Waals surface area contributed by atoms with Gasteiger partial charge >= 0.3 is 5.97 Å². The van der Waals surface area contributed by atoms with Gasteiger partial charge in [0, 0.05) is 16.1 Å². The highest BCUT2D eigenvalue weighted by atomic mass is 35.5. The smallest absolute Gasteiger partial charge is 0.323 e. The number of amides is 1. The number of fused-ring (bicyclic) bond motifs is 1.